The van der Waals surface area contributed by atoms with Gasteiger partial charge in [0.2, 0.25) is 5.91 Å². The molecule has 3 N–H and O–H groups in total. The summed E-state index contributed by atoms with van der Waals surface area (Å²) < 4.78 is 0. The van der Waals surface area contributed by atoms with E-state index < -0.39 is 0 Å². The van der Waals surface area contributed by atoms with E-state index in [0.717, 1.165) is 18.8 Å². The van der Waals surface area contributed by atoms with Crippen molar-refractivity contribution in [3.05, 3.63) is 0 Å². The van der Waals surface area contributed by atoms with E-state index in [1.54, 1.807) is 0 Å². The number of nitrogens with one attached hydrogen (secondary N) is 1. The molecule has 0 aromatic rings. The molecule has 1 fully saturated rings. The van der Waals surface area contributed by atoms with Crippen molar-refractivity contribution >= 4 is 5.91 Å². The van der Waals surface area contributed by atoms with Crippen LogP contribution in [0.5, 0.6) is 0 Å². The lowest BCUT2D eigenvalue weighted by atomic mass is 9.76. The van der Waals surface area contributed by atoms with Gasteiger partial charge in [0, 0.05) is 18.1 Å². The number of nitrogens with zero attached hydrogens (tertiary/aromatic N) is 1. The van der Waals surface area contributed by atoms with Crippen LogP contribution < -0.4 is 11.1 Å². The molecule has 0 atom stereocenters. The van der Waals surface area contributed by atoms with E-state index in [4.69, 9.17) is 5.73 Å². The van der Waals surface area contributed by atoms with Gasteiger partial charge >= 0.3 is 0 Å². The van der Waals surface area contributed by atoms with Crippen molar-refractivity contribution in [2.45, 2.75) is 58.0 Å². The third kappa shape index (κ3) is 3.95. The first-order chi connectivity index (χ1) is 8.39. The van der Waals surface area contributed by atoms with Crippen LogP contribution in [0.15, 0.2) is 0 Å². The molecule has 1 saturated carbocycles. The topological polar surface area (TPSA) is 58.4 Å². The average Bonchev–Trinajstić information content (AvgIpc) is 2.29. The van der Waals surface area contributed by atoms with E-state index in [1.165, 1.54) is 12.8 Å². The van der Waals surface area contributed by atoms with Gasteiger partial charge < -0.3 is 11.1 Å². The van der Waals surface area contributed by atoms with Crippen LogP contribution in [0, 0.1) is 5.92 Å². The summed E-state index contributed by atoms with van der Waals surface area (Å²) in [5.74, 6) is 0.890. The second-order valence-corrected chi connectivity index (χ2v) is 6.19. The van der Waals surface area contributed by atoms with Crippen molar-refractivity contribution in [2.75, 3.05) is 20.1 Å². The van der Waals surface area contributed by atoms with Crippen LogP contribution >= 0.6 is 0 Å². The normalized spacial score (nSPS) is 28.7. The molecular formula is C14H29N3O. The largest absolute Gasteiger partial charge is 0.353 e. The Morgan fingerprint density at radius 3 is 2.44 bits per heavy atom. The molecule has 4 nitrogen and oxygen atoms in total. The van der Waals surface area contributed by atoms with Gasteiger partial charge in [-0.05, 0) is 52.5 Å². The van der Waals surface area contributed by atoms with Crippen LogP contribution in [0.25, 0.3) is 0 Å². The predicted molar refractivity (Wildman–Crippen MR) is 75.3 cm³/mol. The van der Waals surface area contributed by atoms with Crippen LogP contribution in [-0.2, 0) is 4.79 Å². The molecule has 0 saturated heterocycles. The number of likely N-dealkylation sites (N-methyl/N-ethyl adjacent to an activating group) is 1. The molecule has 0 bridgehead atoms. The summed E-state index contributed by atoms with van der Waals surface area (Å²) in [5, 5.41) is 2.94. The Labute approximate surface area is 111 Å². The molecule has 0 unspecified atom stereocenters. The van der Waals surface area contributed by atoms with Gasteiger partial charge in [0.05, 0.1) is 6.54 Å². The fourth-order valence-electron chi connectivity index (χ4n) is 2.79. The summed E-state index contributed by atoms with van der Waals surface area (Å²) in [6.45, 7) is 7.36. The summed E-state index contributed by atoms with van der Waals surface area (Å²) in [6.07, 6.45) is 4.65. The molecule has 1 rings (SSSR count). The van der Waals surface area contributed by atoms with E-state index >= 15 is 0 Å². The lowest BCUT2D eigenvalue weighted by Gasteiger charge is -2.45. The molecule has 1 aliphatic carbocycles. The molecule has 0 aliphatic heterocycles. The highest BCUT2D eigenvalue weighted by Crippen LogP contribution is 2.34. The lowest BCUT2D eigenvalue weighted by molar-refractivity contribution is -0.124. The Bertz CT molecular complexity index is 270. The Morgan fingerprint density at radius 1 is 1.44 bits per heavy atom. The first-order valence-electron chi connectivity index (χ1n) is 7.10. The Balaban J connectivity index is 2.56. The molecule has 0 aromatic carbocycles. The first kappa shape index (κ1) is 15.4. The van der Waals surface area contributed by atoms with Gasteiger partial charge in [-0.2, -0.15) is 0 Å². The fraction of sp³-hybridized carbons (Fsp3) is 0.929. The van der Waals surface area contributed by atoms with Crippen LogP contribution in [-0.4, -0.2) is 42.5 Å². The highest BCUT2D eigenvalue weighted by molar-refractivity contribution is 5.78. The Morgan fingerprint density at radius 2 is 2.00 bits per heavy atom. The van der Waals surface area contributed by atoms with Gasteiger partial charge in [-0.1, -0.05) is 6.92 Å². The number of nitrogens with two attached hydrogens (primary N) is 1. The second-order valence-electron chi connectivity index (χ2n) is 6.19. The SMILES string of the molecule is CC1CCC(CN)(N(C)CC(=O)NC(C)C)CC1. The average molecular weight is 255 g/mol. The Hall–Kier alpha value is -0.610. The third-order valence-corrected chi connectivity index (χ3v) is 4.23. The van der Waals surface area contributed by atoms with Gasteiger partial charge in [-0.3, -0.25) is 9.69 Å². The van der Waals surface area contributed by atoms with Crippen molar-refractivity contribution in [2.24, 2.45) is 11.7 Å². The standard InChI is InChI=1S/C14H29N3O/c1-11(2)16-13(18)9-17(4)14(10-15)7-5-12(3)6-8-14/h11-12H,5-10,15H2,1-4H3,(H,16,18). The van der Waals surface area contributed by atoms with Gasteiger partial charge in [0.25, 0.3) is 0 Å². The zero-order valence-corrected chi connectivity index (χ0v) is 12.3. The summed E-state index contributed by atoms with van der Waals surface area (Å²) in [5.41, 5.74) is 6.02. The van der Waals surface area contributed by atoms with Crippen molar-refractivity contribution in [1.29, 1.82) is 0 Å². The van der Waals surface area contributed by atoms with Gasteiger partial charge in [0.15, 0.2) is 0 Å². The number of rotatable bonds is 5. The van der Waals surface area contributed by atoms with Crippen LogP contribution in [0.2, 0.25) is 0 Å². The predicted octanol–water partition coefficient (Wildman–Crippen LogP) is 1.35. The molecule has 106 valence electrons. The van der Waals surface area contributed by atoms with E-state index in [1.807, 2.05) is 20.9 Å². The molecule has 18 heavy (non-hydrogen) atoms. The summed E-state index contributed by atoms with van der Waals surface area (Å²) in [7, 11) is 2.03. The third-order valence-electron chi connectivity index (χ3n) is 4.23. The number of amides is 1. The van der Waals surface area contributed by atoms with Gasteiger partial charge in [-0.25, -0.2) is 0 Å². The lowest BCUT2D eigenvalue weighted by Crippen LogP contribution is -2.56. The van der Waals surface area contributed by atoms with E-state index in [-0.39, 0.29) is 17.5 Å². The van der Waals surface area contributed by atoms with Crippen LogP contribution in [0.3, 0.4) is 0 Å². The second kappa shape index (κ2) is 6.53. The maximum atomic E-state index is 11.8. The molecule has 0 aromatic heterocycles. The highest BCUT2D eigenvalue weighted by atomic mass is 16.2. The molecule has 1 amide bonds. The zero-order valence-electron chi connectivity index (χ0n) is 12.3. The molecule has 4 heteroatoms. The van der Waals surface area contributed by atoms with Crippen LogP contribution in [0.4, 0.5) is 0 Å². The number of carbonyl (C=O) groups excluding carboxylic acids is 1. The molecule has 0 spiro atoms. The summed E-state index contributed by atoms with van der Waals surface area (Å²) in [6, 6.07) is 0.200. The first-order valence-corrected chi connectivity index (χ1v) is 7.10. The van der Waals surface area contributed by atoms with Gasteiger partial charge in [-0.15, -0.1) is 0 Å². The minimum absolute atomic E-state index is 0.0286. The molecular weight excluding hydrogens is 226 g/mol. The van der Waals surface area contributed by atoms with Crippen LogP contribution in [0.1, 0.15) is 46.5 Å². The monoisotopic (exact) mass is 255 g/mol. The van der Waals surface area contributed by atoms with Crippen molar-refractivity contribution in [1.82, 2.24) is 10.2 Å². The maximum Gasteiger partial charge on any atom is 0.234 e. The maximum absolute atomic E-state index is 11.8. The zero-order chi connectivity index (χ0) is 13.8. The highest BCUT2D eigenvalue weighted by Gasteiger charge is 2.37. The summed E-state index contributed by atoms with van der Waals surface area (Å²) in [4.78, 5) is 14.0. The molecule has 1 aliphatic rings. The van der Waals surface area contributed by atoms with Crippen molar-refractivity contribution in [3.63, 3.8) is 0 Å². The fourth-order valence-corrected chi connectivity index (χ4v) is 2.79. The molecule has 0 radical (unpaired) electrons. The number of hydrogen-bond acceptors (Lipinski definition) is 3. The Kier molecular flexibility index (Phi) is 5.60. The smallest absolute Gasteiger partial charge is 0.234 e. The molecule has 0 heterocycles. The number of hydrogen-bond donors (Lipinski definition) is 2. The van der Waals surface area contributed by atoms with E-state index in [2.05, 4.69) is 17.1 Å². The quantitative estimate of drug-likeness (QED) is 0.779. The van der Waals surface area contributed by atoms with Gasteiger partial charge in [0.1, 0.15) is 0 Å². The number of carbonyl (C=O) groups is 1. The van der Waals surface area contributed by atoms with Crippen molar-refractivity contribution < 1.29 is 4.79 Å². The minimum atomic E-state index is 0.0286. The van der Waals surface area contributed by atoms with Crippen molar-refractivity contribution in [3.8, 4) is 0 Å². The van der Waals surface area contributed by atoms with E-state index in [0.29, 0.717) is 13.1 Å². The minimum Gasteiger partial charge on any atom is -0.353 e. The summed E-state index contributed by atoms with van der Waals surface area (Å²) >= 11 is 0. The van der Waals surface area contributed by atoms with E-state index in [9.17, 15) is 4.79 Å².